The minimum absolute atomic E-state index is 0.0262. The van der Waals surface area contributed by atoms with Crippen molar-refractivity contribution in [3.8, 4) is 0 Å². The minimum atomic E-state index is -1.69. The van der Waals surface area contributed by atoms with Crippen LogP contribution in [0.1, 0.15) is 64.2 Å². The number of hydrazine groups is 1. The van der Waals surface area contributed by atoms with Crippen LogP contribution in [0.25, 0.3) is 0 Å². The number of rotatable bonds is 4. The molecule has 1 aliphatic heterocycles. The van der Waals surface area contributed by atoms with E-state index in [0.717, 1.165) is 0 Å². The summed E-state index contributed by atoms with van der Waals surface area (Å²) in [6.07, 6.45) is -5.34. The van der Waals surface area contributed by atoms with Gasteiger partial charge in [-0.2, -0.15) is 0 Å². The molecule has 1 heterocycles. The topological polar surface area (TPSA) is 77.5 Å². The fourth-order valence-corrected chi connectivity index (χ4v) is 6.21. The van der Waals surface area contributed by atoms with Gasteiger partial charge in [0.25, 0.3) is 0 Å². The van der Waals surface area contributed by atoms with Gasteiger partial charge in [-0.25, -0.2) is 32.4 Å². The Morgan fingerprint density at radius 2 is 1.51 bits per heavy atom. The first-order chi connectivity index (χ1) is 16.7. The van der Waals surface area contributed by atoms with E-state index in [0.29, 0.717) is 12.8 Å². The maximum Gasteiger partial charge on any atom is 0.229 e. The van der Waals surface area contributed by atoms with Gasteiger partial charge in [-0.05, 0) is 57.3 Å². The molecule has 200 valence electrons. The fourth-order valence-electron chi connectivity index (χ4n) is 5.80. The molecule has 0 radical (unpaired) electrons. The zero-order chi connectivity index (χ0) is 25.1. The largest absolute Gasteiger partial charge is 0.353 e. The molecule has 35 heavy (non-hydrogen) atoms. The second-order valence-electron chi connectivity index (χ2n) is 10.6. The molecule has 12 heteroatoms. The summed E-state index contributed by atoms with van der Waals surface area (Å²) in [7, 11) is 0. The number of guanidine groups is 1. The van der Waals surface area contributed by atoms with E-state index in [2.05, 4.69) is 26.5 Å². The van der Waals surface area contributed by atoms with Crippen molar-refractivity contribution < 1.29 is 26.7 Å². The predicted molar refractivity (Wildman–Crippen MR) is 124 cm³/mol. The molecule has 4 aliphatic rings. The molecule has 10 atom stereocenters. The third-order valence-electron chi connectivity index (χ3n) is 7.63. The van der Waals surface area contributed by atoms with Crippen molar-refractivity contribution in [1.82, 2.24) is 21.5 Å². The van der Waals surface area contributed by atoms with Gasteiger partial charge in [0.05, 0.1) is 0 Å². The highest BCUT2D eigenvalue weighted by Crippen LogP contribution is 2.33. The molecule has 6 nitrogen and oxygen atoms in total. The summed E-state index contributed by atoms with van der Waals surface area (Å²) < 4.78 is 69.2. The molecule has 3 saturated carbocycles. The van der Waals surface area contributed by atoms with Crippen LogP contribution in [0.3, 0.4) is 0 Å². The smallest absolute Gasteiger partial charge is 0.229 e. The lowest BCUT2D eigenvalue weighted by Gasteiger charge is -2.31. The Hall–Kier alpha value is -1.20. The molecule has 0 aromatic rings. The molecule has 0 bridgehead atoms. The monoisotopic (exact) mass is 527 g/mol. The quantitative estimate of drug-likeness (QED) is 0.195. The van der Waals surface area contributed by atoms with E-state index in [9.17, 15) is 26.7 Å². The van der Waals surface area contributed by atoms with Gasteiger partial charge in [0, 0.05) is 36.2 Å². The number of hydrogen-bond acceptors (Lipinski definition) is 4. The van der Waals surface area contributed by atoms with Crippen LogP contribution in [-0.4, -0.2) is 66.4 Å². The van der Waals surface area contributed by atoms with Crippen LogP contribution in [0.5, 0.6) is 0 Å². The molecule has 4 rings (SSSR count). The van der Waals surface area contributed by atoms with Crippen LogP contribution >= 0.6 is 11.6 Å². The van der Waals surface area contributed by atoms with E-state index < -0.39 is 48.8 Å². The Kier molecular flexibility index (Phi) is 9.13. The number of hydrogen-bond donors (Lipinski definition) is 4. The Morgan fingerprint density at radius 1 is 0.800 bits per heavy atom. The van der Waals surface area contributed by atoms with Gasteiger partial charge in [0.15, 0.2) is 5.96 Å². The summed E-state index contributed by atoms with van der Waals surface area (Å²) in [4.78, 5) is 17.4. The number of amides is 1. The molecule has 4 N–H and O–H groups in total. The summed E-state index contributed by atoms with van der Waals surface area (Å²) in [6, 6.07) is -0.555. The highest BCUT2D eigenvalue weighted by Gasteiger charge is 2.38. The summed E-state index contributed by atoms with van der Waals surface area (Å²) in [6.45, 7) is 0. The Morgan fingerprint density at radius 3 is 2.20 bits per heavy atom. The molecule has 3 aliphatic carbocycles. The lowest BCUT2D eigenvalue weighted by atomic mass is 9.81. The third kappa shape index (κ3) is 7.41. The zero-order valence-corrected chi connectivity index (χ0v) is 20.3. The normalized spacial score (nSPS) is 45.2. The summed E-state index contributed by atoms with van der Waals surface area (Å²) in [5, 5.41) is 5.42. The molecule has 10 unspecified atom stereocenters. The SMILES string of the molecule is O=C(N/C(=N\C1CC(C2CC(F)CC(F)C2)NN1)NC1CC(F)CC(Cl)C1)C1CCC(F)C(F)C1. The van der Waals surface area contributed by atoms with Crippen molar-refractivity contribution in [3.63, 3.8) is 0 Å². The van der Waals surface area contributed by atoms with Gasteiger partial charge >= 0.3 is 0 Å². The van der Waals surface area contributed by atoms with E-state index in [1.807, 2.05) is 0 Å². The van der Waals surface area contributed by atoms with E-state index in [1.165, 1.54) is 0 Å². The molecule has 1 saturated heterocycles. The van der Waals surface area contributed by atoms with Gasteiger partial charge in [0.2, 0.25) is 5.91 Å². The molecule has 0 aromatic carbocycles. The van der Waals surface area contributed by atoms with Crippen molar-refractivity contribution in [3.05, 3.63) is 0 Å². The highest BCUT2D eigenvalue weighted by molar-refractivity contribution is 6.20. The molecular formula is C23H35ClF5N5O. The number of aliphatic imine (C=N–C) groups is 1. The lowest BCUT2D eigenvalue weighted by Crippen LogP contribution is -2.51. The van der Waals surface area contributed by atoms with Crippen LogP contribution < -0.4 is 21.5 Å². The second-order valence-corrected chi connectivity index (χ2v) is 11.2. The standard InChI is InChI=1S/C23H35ClF5N5O/c24-13-6-16(27)9-17(7-13)30-23(32-22(35)11-1-2-18(28)19(29)5-11)31-21-10-20(33-34-21)12-3-14(25)8-15(26)4-12/h11-21,33-34H,1-10H2,(H2,30,31,32,35). The van der Waals surface area contributed by atoms with Gasteiger partial charge in [-0.3, -0.25) is 15.5 Å². The Bertz CT molecular complexity index is 746. The van der Waals surface area contributed by atoms with Gasteiger partial charge in [-0.15, -0.1) is 11.6 Å². The number of nitrogens with one attached hydrogen (secondary N) is 4. The van der Waals surface area contributed by atoms with Gasteiger partial charge < -0.3 is 5.32 Å². The Balaban J connectivity index is 1.42. The van der Waals surface area contributed by atoms with Crippen LogP contribution in [-0.2, 0) is 4.79 Å². The number of carbonyl (C=O) groups is 1. The first-order valence-electron chi connectivity index (χ1n) is 12.7. The predicted octanol–water partition coefficient (Wildman–Crippen LogP) is 3.69. The average Bonchev–Trinajstić information content (AvgIpc) is 3.22. The van der Waals surface area contributed by atoms with Crippen molar-refractivity contribution >= 4 is 23.5 Å². The summed E-state index contributed by atoms with van der Waals surface area (Å²) >= 11 is 6.18. The second kappa shape index (κ2) is 11.9. The van der Waals surface area contributed by atoms with Crippen molar-refractivity contribution in [2.45, 2.75) is 119 Å². The highest BCUT2D eigenvalue weighted by atomic mass is 35.5. The van der Waals surface area contributed by atoms with Crippen LogP contribution in [0, 0.1) is 11.8 Å². The molecule has 0 spiro atoms. The molecule has 4 fully saturated rings. The Labute approximate surface area is 207 Å². The van der Waals surface area contributed by atoms with Crippen LogP contribution in [0.4, 0.5) is 22.0 Å². The number of nitrogens with zero attached hydrogens (tertiary/aromatic N) is 1. The van der Waals surface area contributed by atoms with E-state index in [-0.39, 0.29) is 80.7 Å². The first kappa shape index (κ1) is 26.9. The zero-order valence-electron chi connectivity index (χ0n) is 19.5. The average molecular weight is 528 g/mol. The third-order valence-corrected chi connectivity index (χ3v) is 7.99. The van der Waals surface area contributed by atoms with E-state index >= 15 is 0 Å². The number of carbonyl (C=O) groups excluding carboxylic acids is 1. The summed E-state index contributed by atoms with van der Waals surface area (Å²) in [5.41, 5.74) is 6.07. The fraction of sp³-hybridized carbons (Fsp3) is 0.913. The van der Waals surface area contributed by atoms with Crippen LogP contribution in [0.2, 0.25) is 0 Å². The van der Waals surface area contributed by atoms with E-state index in [1.54, 1.807) is 0 Å². The number of halogens is 6. The van der Waals surface area contributed by atoms with Gasteiger partial charge in [-0.1, -0.05) is 0 Å². The molecule has 1 amide bonds. The first-order valence-corrected chi connectivity index (χ1v) is 13.1. The minimum Gasteiger partial charge on any atom is -0.353 e. The van der Waals surface area contributed by atoms with Crippen molar-refractivity contribution in [2.75, 3.05) is 0 Å². The maximum atomic E-state index is 14.1. The van der Waals surface area contributed by atoms with Crippen molar-refractivity contribution in [1.29, 1.82) is 0 Å². The van der Waals surface area contributed by atoms with Crippen LogP contribution in [0.15, 0.2) is 4.99 Å². The van der Waals surface area contributed by atoms with Gasteiger partial charge in [0.1, 0.15) is 37.0 Å². The van der Waals surface area contributed by atoms with Crippen molar-refractivity contribution in [2.24, 2.45) is 16.8 Å². The summed E-state index contributed by atoms with van der Waals surface area (Å²) in [5.74, 6) is -1.26. The number of alkyl halides is 6. The lowest BCUT2D eigenvalue weighted by molar-refractivity contribution is -0.125. The molecular weight excluding hydrogens is 493 g/mol. The maximum absolute atomic E-state index is 14.1. The van der Waals surface area contributed by atoms with E-state index in [4.69, 9.17) is 11.6 Å². The molecule has 0 aromatic heterocycles.